The van der Waals surface area contributed by atoms with Crippen LogP contribution in [0.2, 0.25) is 0 Å². The minimum Gasteiger partial charge on any atom is -0.402 e. The van der Waals surface area contributed by atoms with E-state index >= 15 is 0 Å². The molecule has 0 aliphatic carbocycles. The van der Waals surface area contributed by atoms with Gasteiger partial charge in [0.2, 0.25) is 0 Å². The number of allylic oxidation sites excluding steroid dienone is 4. The lowest BCUT2D eigenvalue weighted by Gasteiger charge is -2.13. The highest BCUT2D eigenvalue weighted by Gasteiger charge is 2.35. The molecule has 0 saturated carbocycles. The van der Waals surface area contributed by atoms with Crippen LogP contribution >= 0.6 is 0 Å². The third-order valence-electron chi connectivity index (χ3n) is 1.41. The fourth-order valence-corrected chi connectivity index (χ4v) is 0.966. The first kappa shape index (κ1) is 11.7. The van der Waals surface area contributed by atoms with Gasteiger partial charge in [-0.3, -0.25) is 0 Å². The van der Waals surface area contributed by atoms with Crippen LogP contribution in [0.25, 0.3) is 0 Å². The van der Waals surface area contributed by atoms with Gasteiger partial charge in [0, 0.05) is 11.9 Å². The van der Waals surface area contributed by atoms with E-state index in [0.717, 1.165) is 12.3 Å². The molecular formula is C8H11F3N2. The average Bonchev–Trinajstić information content (AvgIpc) is 1.82. The molecule has 0 atom stereocenters. The van der Waals surface area contributed by atoms with Crippen LogP contribution in [0.1, 0.15) is 13.8 Å². The molecule has 2 nitrogen and oxygen atoms in total. The molecule has 0 spiro atoms. The highest BCUT2D eigenvalue weighted by atomic mass is 19.4. The first-order chi connectivity index (χ1) is 5.80. The van der Waals surface area contributed by atoms with Gasteiger partial charge >= 0.3 is 6.18 Å². The van der Waals surface area contributed by atoms with Gasteiger partial charge in [-0.05, 0) is 25.5 Å². The summed E-state index contributed by atoms with van der Waals surface area (Å²) in [5, 5.41) is 6.64. The standard InChI is InChI=1S/C8H11F3N2/c1-5(3-4-12)7(6(2)13)8(9,10)11/h3-4,12H,13H2,1-2H3/b5-3-,7-6?,12-4?. The Balaban J connectivity index is 5.21. The predicted octanol–water partition coefficient (Wildman–Crippen LogP) is 2.38. The van der Waals surface area contributed by atoms with Crippen molar-refractivity contribution in [3.8, 4) is 0 Å². The third kappa shape index (κ3) is 3.31. The van der Waals surface area contributed by atoms with E-state index in [-0.39, 0.29) is 11.3 Å². The van der Waals surface area contributed by atoms with Crippen LogP contribution in [0.5, 0.6) is 0 Å². The minimum absolute atomic E-state index is 0.0532. The second-order valence-corrected chi connectivity index (χ2v) is 2.57. The topological polar surface area (TPSA) is 49.9 Å². The lowest BCUT2D eigenvalue weighted by Crippen LogP contribution is -2.17. The number of hydrogen-bond acceptors (Lipinski definition) is 2. The number of nitrogens with two attached hydrogens (primary N) is 1. The van der Waals surface area contributed by atoms with E-state index in [4.69, 9.17) is 11.1 Å². The summed E-state index contributed by atoms with van der Waals surface area (Å²) in [6, 6.07) is 0. The van der Waals surface area contributed by atoms with Gasteiger partial charge in [0.15, 0.2) is 0 Å². The molecule has 0 aromatic heterocycles. The molecule has 3 N–H and O–H groups in total. The lowest BCUT2D eigenvalue weighted by molar-refractivity contribution is -0.0901. The fourth-order valence-electron chi connectivity index (χ4n) is 0.966. The van der Waals surface area contributed by atoms with Crippen LogP contribution in [-0.2, 0) is 0 Å². The molecule has 0 rings (SSSR count). The molecular weight excluding hydrogens is 181 g/mol. The van der Waals surface area contributed by atoms with Crippen LogP contribution in [0.3, 0.4) is 0 Å². The Morgan fingerprint density at radius 2 is 1.77 bits per heavy atom. The van der Waals surface area contributed by atoms with Gasteiger partial charge in [-0.1, -0.05) is 0 Å². The van der Waals surface area contributed by atoms with Crippen molar-refractivity contribution in [3.63, 3.8) is 0 Å². The van der Waals surface area contributed by atoms with Crippen molar-refractivity contribution in [2.75, 3.05) is 0 Å². The van der Waals surface area contributed by atoms with Crippen LogP contribution in [-0.4, -0.2) is 12.4 Å². The molecule has 0 radical (unpaired) electrons. The van der Waals surface area contributed by atoms with Gasteiger partial charge < -0.3 is 11.1 Å². The summed E-state index contributed by atoms with van der Waals surface area (Å²) in [5.74, 6) is 0. The maximum absolute atomic E-state index is 12.3. The fraction of sp³-hybridized carbons (Fsp3) is 0.375. The first-order valence-corrected chi connectivity index (χ1v) is 3.52. The molecule has 0 fully saturated rings. The molecule has 74 valence electrons. The van der Waals surface area contributed by atoms with Gasteiger partial charge in [0.05, 0.1) is 5.57 Å². The number of rotatable bonds is 2. The van der Waals surface area contributed by atoms with E-state index in [1.165, 1.54) is 13.8 Å². The number of hydrogen-bond donors (Lipinski definition) is 2. The van der Waals surface area contributed by atoms with E-state index in [1.54, 1.807) is 0 Å². The Morgan fingerprint density at radius 1 is 1.31 bits per heavy atom. The van der Waals surface area contributed by atoms with Crippen LogP contribution in [0.4, 0.5) is 13.2 Å². The minimum atomic E-state index is -4.46. The molecule has 0 aromatic rings. The Hall–Kier alpha value is -1.26. The highest BCUT2D eigenvalue weighted by molar-refractivity contribution is 5.70. The van der Waals surface area contributed by atoms with E-state index in [9.17, 15) is 13.2 Å². The van der Waals surface area contributed by atoms with Gasteiger partial charge in [0.1, 0.15) is 0 Å². The summed E-state index contributed by atoms with van der Waals surface area (Å²) in [7, 11) is 0. The Bertz CT molecular complexity index is 257. The number of halogens is 3. The van der Waals surface area contributed by atoms with E-state index in [2.05, 4.69) is 0 Å². The summed E-state index contributed by atoms with van der Waals surface area (Å²) >= 11 is 0. The monoisotopic (exact) mass is 192 g/mol. The number of alkyl halides is 3. The maximum atomic E-state index is 12.3. The molecule has 0 unspecified atom stereocenters. The van der Waals surface area contributed by atoms with E-state index in [0.29, 0.717) is 0 Å². The third-order valence-corrected chi connectivity index (χ3v) is 1.41. The summed E-state index contributed by atoms with van der Waals surface area (Å²) in [5.41, 5.74) is 3.89. The van der Waals surface area contributed by atoms with Gasteiger partial charge in [0.25, 0.3) is 0 Å². The first-order valence-electron chi connectivity index (χ1n) is 3.52. The molecule has 0 saturated heterocycles. The van der Waals surface area contributed by atoms with Crippen molar-refractivity contribution >= 4 is 6.21 Å². The summed E-state index contributed by atoms with van der Waals surface area (Å²) < 4.78 is 36.9. The van der Waals surface area contributed by atoms with Crippen molar-refractivity contribution in [2.24, 2.45) is 5.73 Å². The van der Waals surface area contributed by atoms with Crippen LogP contribution < -0.4 is 5.73 Å². The highest BCUT2D eigenvalue weighted by Crippen LogP contribution is 2.31. The number of nitrogens with one attached hydrogen (secondary N) is 1. The molecule has 13 heavy (non-hydrogen) atoms. The van der Waals surface area contributed by atoms with Crippen molar-refractivity contribution < 1.29 is 13.2 Å². The van der Waals surface area contributed by atoms with E-state index < -0.39 is 11.7 Å². The van der Waals surface area contributed by atoms with Crippen molar-refractivity contribution in [3.05, 3.63) is 22.9 Å². The smallest absolute Gasteiger partial charge is 0.402 e. The zero-order valence-electron chi connectivity index (χ0n) is 7.37. The van der Waals surface area contributed by atoms with Crippen LogP contribution in [0, 0.1) is 5.41 Å². The predicted molar refractivity (Wildman–Crippen MR) is 45.5 cm³/mol. The zero-order chi connectivity index (χ0) is 10.6. The largest absolute Gasteiger partial charge is 0.418 e. The van der Waals surface area contributed by atoms with E-state index in [1.807, 2.05) is 0 Å². The SMILES string of the molecule is CC(N)=C(/C(C)=C\C=N)C(F)(F)F. The van der Waals surface area contributed by atoms with Gasteiger partial charge in [-0.15, -0.1) is 0 Å². The average molecular weight is 192 g/mol. The molecule has 0 bridgehead atoms. The maximum Gasteiger partial charge on any atom is 0.418 e. The summed E-state index contributed by atoms with van der Waals surface area (Å²) in [4.78, 5) is 0. The van der Waals surface area contributed by atoms with Gasteiger partial charge in [-0.25, -0.2) is 0 Å². The summed E-state index contributed by atoms with van der Waals surface area (Å²) in [6.45, 7) is 2.45. The Morgan fingerprint density at radius 3 is 2.00 bits per heavy atom. The zero-order valence-corrected chi connectivity index (χ0v) is 7.37. The quantitative estimate of drug-likeness (QED) is 0.512. The normalized spacial score (nSPS) is 15.3. The molecule has 0 amide bonds. The van der Waals surface area contributed by atoms with Crippen molar-refractivity contribution in [2.45, 2.75) is 20.0 Å². The van der Waals surface area contributed by atoms with Crippen LogP contribution in [0.15, 0.2) is 22.9 Å². The van der Waals surface area contributed by atoms with Crippen molar-refractivity contribution in [1.29, 1.82) is 5.41 Å². The molecule has 0 aliphatic rings. The Kier molecular flexibility index (Phi) is 3.71. The van der Waals surface area contributed by atoms with Gasteiger partial charge in [-0.2, -0.15) is 13.2 Å². The summed E-state index contributed by atoms with van der Waals surface area (Å²) in [6.07, 6.45) is -2.61. The molecule has 0 aromatic carbocycles. The van der Waals surface area contributed by atoms with Crippen molar-refractivity contribution in [1.82, 2.24) is 0 Å². The molecule has 5 heteroatoms. The molecule has 0 aliphatic heterocycles. The lowest BCUT2D eigenvalue weighted by atomic mass is 10.1. The second-order valence-electron chi connectivity index (χ2n) is 2.57. The molecule has 0 heterocycles. The Labute approximate surface area is 74.4 Å². The second kappa shape index (κ2) is 4.11.